The number of para-hydroxylation sites is 1. The average molecular weight is 289 g/mol. The van der Waals surface area contributed by atoms with Gasteiger partial charge in [0.25, 0.3) is 5.91 Å². The van der Waals surface area contributed by atoms with Gasteiger partial charge in [0.15, 0.2) is 17.1 Å². The molecule has 1 saturated heterocycles. The molecule has 1 N–H and O–H groups in total. The number of rotatable bonds is 5. The minimum absolute atomic E-state index is 0.123. The Morgan fingerprint density at radius 2 is 2.38 bits per heavy atom. The fourth-order valence-corrected chi connectivity index (χ4v) is 2.52. The number of nitrogens with one attached hydrogen (secondary N) is 1. The average Bonchev–Trinajstić information content (AvgIpc) is 3.14. The largest absolute Gasteiger partial charge is 0.490 e. The van der Waals surface area contributed by atoms with Crippen molar-refractivity contribution in [3.8, 4) is 5.75 Å². The minimum Gasteiger partial charge on any atom is -0.490 e. The van der Waals surface area contributed by atoms with E-state index in [1.807, 2.05) is 25.1 Å². The van der Waals surface area contributed by atoms with Crippen LogP contribution in [0.15, 0.2) is 28.7 Å². The van der Waals surface area contributed by atoms with Crippen LogP contribution in [0.5, 0.6) is 5.75 Å². The van der Waals surface area contributed by atoms with Crippen LogP contribution in [0, 0.1) is 0 Å². The molecule has 112 valence electrons. The Hall–Kier alpha value is -2.01. The van der Waals surface area contributed by atoms with Crippen LogP contribution in [0.4, 0.5) is 0 Å². The van der Waals surface area contributed by atoms with Gasteiger partial charge in [-0.25, -0.2) is 0 Å². The van der Waals surface area contributed by atoms with Crippen molar-refractivity contribution in [3.63, 3.8) is 0 Å². The lowest BCUT2D eigenvalue weighted by molar-refractivity contribution is 0.0837. The van der Waals surface area contributed by atoms with Gasteiger partial charge >= 0.3 is 0 Å². The van der Waals surface area contributed by atoms with E-state index in [4.69, 9.17) is 13.9 Å². The highest BCUT2D eigenvalue weighted by molar-refractivity contribution is 5.97. The van der Waals surface area contributed by atoms with E-state index in [1.54, 1.807) is 6.07 Å². The van der Waals surface area contributed by atoms with Gasteiger partial charge in [-0.1, -0.05) is 12.1 Å². The molecule has 5 nitrogen and oxygen atoms in total. The zero-order chi connectivity index (χ0) is 14.7. The molecule has 5 heteroatoms. The molecular weight excluding hydrogens is 270 g/mol. The van der Waals surface area contributed by atoms with E-state index in [1.165, 1.54) is 0 Å². The van der Waals surface area contributed by atoms with E-state index < -0.39 is 0 Å². The van der Waals surface area contributed by atoms with E-state index in [9.17, 15) is 4.79 Å². The van der Waals surface area contributed by atoms with Crippen molar-refractivity contribution in [1.29, 1.82) is 0 Å². The number of furan rings is 1. The van der Waals surface area contributed by atoms with Crippen molar-refractivity contribution in [3.05, 3.63) is 30.0 Å². The molecule has 21 heavy (non-hydrogen) atoms. The molecule has 1 atom stereocenters. The molecule has 1 amide bonds. The van der Waals surface area contributed by atoms with Crippen molar-refractivity contribution in [2.24, 2.45) is 0 Å². The van der Waals surface area contributed by atoms with Gasteiger partial charge in [-0.15, -0.1) is 0 Å². The number of amides is 1. The first-order valence-corrected chi connectivity index (χ1v) is 7.33. The third-order valence-corrected chi connectivity index (χ3v) is 3.55. The van der Waals surface area contributed by atoms with E-state index in [-0.39, 0.29) is 12.0 Å². The summed E-state index contributed by atoms with van der Waals surface area (Å²) in [5.41, 5.74) is 0.613. The summed E-state index contributed by atoms with van der Waals surface area (Å²) in [6.07, 6.45) is 2.18. The Labute approximate surface area is 123 Å². The summed E-state index contributed by atoms with van der Waals surface area (Å²) < 4.78 is 16.6. The Morgan fingerprint density at radius 3 is 3.14 bits per heavy atom. The maximum atomic E-state index is 12.1. The van der Waals surface area contributed by atoms with Crippen LogP contribution in [0.2, 0.25) is 0 Å². The Kier molecular flexibility index (Phi) is 4.10. The zero-order valence-electron chi connectivity index (χ0n) is 12.1. The molecule has 3 rings (SSSR count). The summed E-state index contributed by atoms with van der Waals surface area (Å²) in [4.78, 5) is 12.1. The SMILES string of the molecule is CCOc1cccc2cc(C(=O)NCC3CCCO3)oc12. The first kappa shape index (κ1) is 13.9. The fourth-order valence-electron chi connectivity index (χ4n) is 2.52. The number of hydrogen-bond acceptors (Lipinski definition) is 4. The maximum absolute atomic E-state index is 12.1. The highest BCUT2D eigenvalue weighted by Gasteiger charge is 2.19. The van der Waals surface area contributed by atoms with Crippen LogP contribution >= 0.6 is 0 Å². The molecule has 1 aliphatic rings. The van der Waals surface area contributed by atoms with Gasteiger partial charge in [-0.05, 0) is 31.9 Å². The van der Waals surface area contributed by atoms with Crippen molar-refractivity contribution < 1.29 is 18.7 Å². The Bertz CT molecular complexity index is 628. The number of fused-ring (bicyclic) bond motifs is 1. The summed E-state index contributed by atoms with van der Waals surface area (Å²) in [5, 5.41) is 3.72. The van der Waals surface area contributed by atoms with Crippen molar-refractivity contribution >= 4 is 16.9 Å². The molecule has 1 aliphatic heterocycles. The highest BCUT2D eigenvalue weighted by atomic mass is 16.5. The number of ether oxygens (including phenoxy) is 2. The van der Waals surface area contributed by atoms with Gasteiger partial charge in [0, 0.05) is 18.5 Å². The van der Waals surface area contributed by atoms with Crippen LogP contribution in [0.1, 0.15) is 30.3 Å². The van der Waals surface area contributed by atoms with Crippen molar-refractivity contribution in [1.82, 2.24) is 5.32 Å². The number of carbonyl (C=O) groups excluding carboxylic acids is 1. The maximum Gasteiger partial charge on any atom is 0.287 e. The fraction of sp³-hybridized carbons (Fsp3) is 0.438. The predicted octanol–water partition coefficient (Wildman–Crippen LogP) is 2.74. The van der Waals surface area contributed by atoms with Gasteiger partial charge in [-0.3, -0.25) is 4.79 Å². The third-order valence-electron chi connectivity index (χ3n) is 3.55. The second-order valence-electron chi connectivity index (χ2n) is 5.06. The first-order valence-electron chi connectivity index (χ1n) is 7.33. The predicted molar refractivity (Wildman–Crippen MR) is 78.7 cm³/mol. The molecular formula is C16H19NO4. The standard InChI is InChI=1S/C16H19NO4/c1-2-19-13-7-3-5-11-9-14(21-15(11)13)16(18)17-10-12-6-4-8-20-12/h3,5,7,9,12H,2,4,6,8,10H2,1H3,(H,17,18). The topological polar surface area (TPSA) is 60.7 Å². The normalized spacial score (nSPS) is 18.0. The van der Waals surface area contributed by atoms with Crippen LogP contribution in [-0.4, -0.2) is 31.8 Å². The quantitative estimate of drug-likeness (QED) is 0.919. The van der Waals surface area contributed by atoms with Crippen LogP contribution < -0.4 is 10.1 Å². The molecule has 2 heterocycles. The summed E-state index contributed by atoms with van der Waals surface area (Å²) in [5.74, 6) is 0.743. The van der Waals surface area contributed by atoms with Gasteiger partial charge in [0.2, 0.25) is 0 Å². The van der Waals surface area contributed by atoms with Gasteiger partial charge in [0.05, 0.1) is 12.7 Å². The lowest BCUT2D eigenvalue weighted by atomic mass is 10.2. The molecule has 0 radical (unpaired) electrons. The lowest BCUT2D eigenvalue weighted by Crippen LogP contribution is -2.31. The first-order chi connectivity index (χ1) is 10.3. The smallest absolute Gasteiger partial charge is 0.287 e. The third kappa shape index (κ3) is 3.03. The molecule has 0 bridgehead atoms. The van der Waals surface area contributed by atoms with Gasteiger partial charge in [0.1, 0.15) is 0 Å². The van der Waals surface area contributed by atoms with E-state index >= 15 is 0 Å². The van der Waals surface area contributed by atoms with Crippen LogP contribution in [0.25, 0.3) is 11.0 Å². The second-order valence-corrected chi connectivity index (χ2v) is 5.06. The molecule has 0 saturated carbocycles. The molecule has 1 aromatic carbocycles. The summed E-state index contributed by atoms with van der Waals surface area (Å²) in [6, 6.07) is 7.36. The summed E-state index contributed by atoms with van der Waals surface area (Å²) >= 11 is 0. The monoisotopic (exact) mass is 289 g/mol. The number of benzene rings is 1. The Balaban J connectivity index is 1.73. The Morgan fingerprint density at radius 1 is 1.48 bits per heavy atom. The van der Waals surface area contributed by atoms with Gasteiger partial charge < -0.3 is 19.2 Å². The number of hydrogen-bond donors (Lipinski definition) is 1. The summed E-state index contributed by atoms with van der Waals surface area (Å²) in [6.45, 7) is 3.77. The van der Waals surface area contributed by atoms with Crippen LogP contribution in [-0.2, 0) is 4.74 Å². The van der Waals surface area contributed by atoms with Crippen molar-refractivity contribution in [2.75, 3.05) is 19.8 Å². The minimum atomic E-state index is -0.218. The van der Waals surface area contributed by atoms with E-state index in [0.29, 0.717) is 30.2 Å². The molecule has 1 fully saturated rings. The van der Waals surface area contributed by atoms with E-state index in [0.717, 1.165) is 24.8 Å². The second kappa shape index (κ2) is 6.18. The summed E-state index contributed by atoms with van der Waals surface area (Å²) in [7, 11) is 0. The molecule has 0 aliphatic carbocycles. The lowest BCUT2D eigenvalue weighted by Gasteiger charge is -2.09. The molecule has 0 spiro atoms. The highest BCUT2D eigenvalue weighted by Crippen LogP contribution is 2.28. The molecule has 1 aromatic heterocycles. The van der Waals surface area contributed by atoms with Crippen LogP contribution in [0.3, 0.4) is 0 Å². The molecule has 2 aromatic rings. The molecule has 1 unspecified atom stereocenters. The zero-order valence-corrected chi connectivity index (χ0v) is 12.1. The van der Waals surface area contributed by atoms with Gasteiger partial charge in [-0.2, -0.15) is 0 Å². The van der Waals surface area contributed by atoms with Crippen molar-refractivity contribution in [2.45, 2.75) is 25.9 Å². The van der Waals surface area contributed by atoms with E-state index in [2.05, 4.69) is 5.32 Å². The number of carbonyl (C=O) groups is 1.